The smallest absolute Gasteiger partial charge is 0.257 e. The summed E-state index contributed by atoms with van der Waals surface area (Å²) in [6.07, 6.45) is 4.76. The Labute approximate surface area is 162 Å². The van der Waals surface area contributed by atoms with Gasteiger partial charge in [0.2, 0.25) is 5.91 Å². The van der Waals surface area contributed by atoms with Crippen molar-refractivity contribution < 1.29 is 14.1 Å². The molecular weight excluding hydrogens is 356 g/mol. The predicted octanol–water partition coefficient (Wildman–Crippen LogP) is 3.17. The van der Waals surface area contributed by atoms with Crippen LogP contribution < -0.4 is 10.6 Å². The lowest BCUT2D eigenvalue weighted by atomic mass is 9.97. The van der Waals surface area contributed by atoms with Gasteiger partial charge in [0.15, 0.2) is 0 Å². The Bertz CT molecular complexity index is 1050. The van der Waals surface area contributed by atoms with Crippen molar-refractivity contribution in [3.05, 3.63) is 64.8 Å². The summed E-state index contributed by atoms with van der Waals surface area (Å²) in [7, 11) is 0. The van der Waals surface area contributed by atoms with Gasteiger partial charge in [-0.15, -0.1) is 0 Å². The third-order valence-corrected chi connectivity index (χ3v) is 4.84. The average molecular weight is 376 g/mol. The summed E-state index contributed by atoms with van der Waals surface area (Å²) in [6, 6.07) is 7.98. The van der Waals surface area contributed by atoms with Gasteiger partial charge in [0.25, 0.3) is 5.91 Å². The first-order valence-corrected chi connectivity index (χ1v) is 9.09. The number of anilines is 1. The molecule has 0 saturated heterocycles. The number of amides is 2. The number of rotatable bonds is 4. The highest BCUT2D eigenvalue weighted by Crippen LogP contribution is 2.28. The molecule has 2 amide bonds. The molecule has 0 bridgehead atoms. The van der Waals surface area contributed by atoms with Crippen molar-refractivity contribution in [1.29, 1.82) is 0 Å². The number of pyridine rings is 1. The predicted molar refractivity (Wildman–Crippen MR) is 104 cm³/mol. The zero-order valence-electron chi connectivity index (χ0n) is 15.7. The molecule has 0 atom stereocenters. The Morgan fingerprint density at radius 3 is 2.82 bits per heavy atom. The maximum atomic E-state index is 12.4. The van der Waals surface area contributed by atoms with Gasteiger partial charge in [-0.1, -0.05) is 11.2 Å². The zero-order valence-corrected chi connectivity index (χ0v) is 15.7. The van der Waals surface area contributed by atoms with Crippen LogP contribution >= 0.6 is 0 Å². The second kappa shape index (κ2) is 7.26. The van der Waals surface area contributed by atoms with Crippen LogP contribution in [0.5, 0.6) is 0 Å². The lowest BCUT2D eigenvalue weighted by Crippen LogP contribution is -2.23. The number of nitrogens with one attached hydrogen (secondary N) is 2. The molecule has 0 radical (unpaired) electrons. The Balaban J connectivity index is 1.51. The second-order valence-corrected chi connectivity index (χ2v) is 6.88. The highest BCUT2D eigenvalue weighted by atomic mass is 16.5. The topological polar surface area (TPSA) is 97.1 Å². The number of carbonyl (C=O) groups excluding carboxylic acids is 2. The zero-order chi connectivity index (χ0) is 19.7. The molecule has 28 heavy (non-hydrogen) atoms. The summed E-state index contributed by atoms with van der Waals surface area (Å²) in [4.78, 5) is 28.2. The van der Waals surface area contributed by atoms with Gasteiger partial charge in [-0.25, -0.2) is 0 Å². The van der Waals surface area contributed by atoms with Crippen molar-refractivity contribution in [2.45, 2.75) is 33.2 Å². The standard InChI is InChI=1S/C21H20N4O3/c1-12-20(13(2)28-25-12)21(27)23-10-14-7-17(11-22-9-14)15-3-5-18-16(8-15)4-6-19(26)24-18/h3,5,7-9,11H,4,6,10H2,1-2H3,(H,23,27)(H,24,26). The fourth-order valence-corrected chi connectivity index (χ4v) is 3.38. The molecule has 142 valence electrons. The molecule has 0 spiro atoms. The minimum absolute atomic E-state index is 0.0537. The molecule has 1 aliphatic rings. The van der Waals surface area contributed by atoms with Gasteiger partial charge in [0, 0.05) is 36.6 Å². The first-order chi connectivity index (χ1) is 13.5. The van der Waals surface area contributed by atoms with E-state index in [1.165, 1.54) is 0 Å². The third kappa shape index (κ3) is 3.51. The minimum Gasteiger partial charge on any atom is -0.361 e. The number of nitrogens with zero attached hydrogens (tertiary/aromatic N) is 2. The molecule has 0 unspecified atom stereocenters. The van der Waals surface area contributed by atoms with E-state index in [0.717, 1.165) is 34.4 Å². The van der Waals surface area contributed by atoms with E-state index in [0.29, 0.717) is 30.0 Å². The normalized spacial score (nSPS) is 13.0. The van der Waals surface area contributed by atoms with Gasteiger partial charge < -0.3 is 15.2 Å². The summed E-state index contributed by atoms with van der Waals surface area (Å²) < 4.78 is 5.05. The lowest BCUT2D eigenvalue weighted by Gasteiger charge is -2.17. The van der Waals surface area contributed by atoms with Crippen molar-refractivity contribution >= 4 is 17.5 Å². The van der Waals surface area contributed by atoms with E-state index < -0.39 is 0 Å². The van der Waals surface area contributed by atoms with E-state index >= 15 is 0 Å². The van der Waals surface area contributed by atoms with E-state index in [1.54, 1.807) is 26.2 Å². The molecule has 0 aliphatic carbocycles. The van der Waals surface area contributed by atoms with Gasteiger partial charge in [-0.05, 0) is 55.2 Å². The Hall–Kier alpha value is -3.48. The highest BCUT2D eigenvalue weighted by Gasteiger charge is 2.18. The van der Waals surface area contributed by atoms with Crippen molar-refractivity contribution in [2.75, 3.05) is 5.32 Å². The number of hydrogen-bond donors (Lipinski definition) is 2. The van der Waals surface area contributed by atoms with Crippen molar-refractivity contribution in [1.82, 2.24) is 15.5 Å². The molecule has 1 aromatic carbocycles. The molecule has 0 fully saturated rings. The number of aryl methyl sites for hydroxylation is 3. The average Bonchev–Trinajstić information content (AvgIpc) is 3.04. The first kappa shape index (κ1) is 17.9. The van der Waals surface area contributed by atoms with Crippen LogP contribution in [0.2, 0.25) is 0 Å². The van der Waals surface area contributed by atoms with E-state index in [-0.39, 0.29) is 11.8 Å². The van der Waals surface area contributed by atoms with E-state index in [2.05, 4.69) is 26.8 Å². The molecule has 0 saturated carbocycles. The third-order valence-electron chi connectivity index (χ3n) is 4.84. The van der Waals surface area contributed by atoms with Crippen molar-refractivity contribution in [3.8, 4) is 11.1 Å². The second-order valence-electron chi connectivity index (χ2n) is 6.88. The number of hydrogen-bond acceptors (Lipinski definition) is 5. The van der Waals surface area contributed by atoms with Gasteiger partial charge >= 0.3 is 0 Å². The van der Waals surface area contributed by atoms with Crippen LogP contribution in [0.3, 0.4) is 0 Å². The number of fused-ring (bicyclic) bond motifs is 1. The van der Waals surface area contributed by atoms with Crippen LogP contribution in [0.4, 0.5) is 5.69 Å². The van der Waals surface area contributed by atoms with Gasteiger partial charge in [-0.3, -0.25) is 14.6 Å². The summed E-state index contributed by atoms with van der Waals surface area (Å²) in [5.41, 5.74) is 5.92. The summed E-state index contributed by atoms with van der Waals surface area (Å²) >= 11 is 0. The largest absolute Gasteiger partial charge is 0.361 e. The molecule has 4 rings (SSSR count). The fraction of sp³-hybridized carbons (Fsp3) is 0.238. The van der Waals surface area contributed by atoms with Crippen LogP contribution in [-0.2, 0) is 17.8 Å². The summed E-state index contributed by atoms with van der Waals surface area (Å²) in [6.45, 7) is 3.81. The quantitative estimate of drug-likeness (QED) is 0.729. The lowest BCUT2D eigenvalue weighted by molar-refractivity contribution is -0.116. The van der Waals surface area contributed by atoms with Crippen LogP contribution in [0.15, 0.2) is 41.2 Å². The fourth-order valence-electron chi connectivity index (χ4n) is 3.38. The molecule has 7 heteroatoms. The molecule has 2 N–H and O–H groups in total. The van der Waals surface area contributed by atoms with Crippen LogP contribution in [0.25, 0.3) is 11.1 Å². The van der Waals surface area contributed by atoms with E-state index in [9.17, 15) is 9.59 Å². The number of carbonyl (C=O) groups is 2. The maximum absolute atomic E-state index is 12.4. The molecule has 2 aromatic heterocycles. The molecule has 7 nitrogen and oxygen atoms in total. The van der Waals surface area contributed by atoms with Crippen molar-refractivity contribution in [3.63, 3.8) is 0 Å². The Morgan fingerprint density at radius 2 is 2.04 bits per heavy atom. The SMILES string of the molecule is Cc1noc(C)c1C(=O)NCc1cncc(-c2ccc3c(c2)CCC(=O)N3)c1. The highest BCUT2D eigenvalue weighted by molar-refractivity contribution is 5.96. The van der Waals surface area contributed by atoms with Gasteiger partial charge in [0.05, 0.1) is 5.69 Å². The monoisotopic (exact) mass is 376 g/mol. The van der Waals surface area contributed by atoms with Crippen LogP contribution in [-0.4, -0.2) is 22.0 Å². The Morgan fingerprint density at radius 1 is 1.18 bits per heavy atom. The van der Waals surface area contributed by atoms with Crippen molar-refractivity contribution in [2.24, 2.45) is 0 Å². The van der Waals surface area contributed by atoms with E-state index in [4.69, 9.17) is 4.52 Å². The maximum Gasteiger partial charge on any atom is 0.257 e. The van der Waals surface area contributed by atoms with Crippen LogP contribution in [0, 0.1) is 13.8 Å². The first-order valence-electron chi connectivity index (χ1n) is 9.09. The number of benzene rings is 1. The minimum atomic E-state index is -0.217. The van der Waals surface area contributed by atoms with Gasteiger partial charge in [0.1, 0.15) is 11.3 Å². The molecule has 1 aliphatic heterocycles. The molecular formula is C21H20N4O3. The van der Waals surface area contributed by atoms with Crippen LogP contribution in [0.1, 0.15) is 39.4 Å². The summed E-state index contributed by atoms with van der Waals surface area (Å²) in [5, 5.41) is 9.59. The Kier molecular flexibility index (Phi) is 4.65. The summed E-state index contributed by atoms with van der Waals surface area (Å²) in [5.74, 6) is 0.340. The molecule has 3 aromatic rings. The number of aromatic nitrogens is 2. The molecule has 3 heterocycles. The van der Waals surface area contributed by atoms with E-state index in [1.807, 2.05) is 18.2 Å². The van der Waals surface area contributed by atoms with Gasteiger partial charge in [-0.2, -0.15) is 0 Å².